The molecular weight excluding hydrogens is 406 g/mol. The van der Waals surface area contributed by atoms with Gasteiger partial charge in [0.25, 0.3) is 0 Å². The molecule has 0 radical (unpaired) electrons. The molecule has 0 spiro atoms. The molecule has 9 heteroatoms. The van der Waals surface area contributed by atoms with E-state index in [0.29, 0.717) is 10.2 Å². The Kier molecular flexibility index (Phi) is 4.50. The maximum atomic E-state index is 12.7. The van der Waals surface area contributed by atoms with E-state index in [1.54, 1.807) is 30.3 Å². The molecule has 1 heterocycles. The first-order valence-electron chi connectivity index (χ1n) is 6.88. The van der Waals surface area contributed by atoms with Crippen LogP contribution in [0.4, 0.5) is 14.5 Å². The van der Waals surface area contributed by atoms with Gasteiger partial charge in [-0.05, 0) is 30.3 Å². The van der Waals surface area contributed by atoms with E-state index in [1.807, 2.05) is 0 Å². The largest absolute Gasteiger partial charge is 0.434 e. The molecule has 3 rings (SSSR count). The molecule has 1 atom stereocenters. The highest BCUT2D eigenvalue weighted by molar-refractivity contribution is 9.10. The molecule has 1 aliphatic heterocycles. The average Bonchev–Trinajstić information content (AvgIpc) is 2.53. The van der Waals surface area contributed by atoms with E-state index < -0.39 is 22.8 Å². The molecule has 0 fully saturated rings. The SMILES string of the molecule is CN1C(c2cc(Br)ccc2OC(F)F)Nc2ccccc2S1(=O)=O. The van der Waals surface area contributed by atoms with Gasteiger partial charge in [0.05, 0.1) is 5.69 Å². The lowest BCUT2D eigenvalue weighted by Gasteiger charge is -2.35. The smallest absolute Gasteiger partial charge is 0.387 e. The van der Waals surface area contributed by atoms with Crippen LogP contribution in [0.5, 0.6) is 5.75 Å². The number of hydrogen-bond donors (Lipinski definition) is 1. The Labute approximate surface area is 146 Å². The number of fused-ring (bicyclic) bond motifs is 1. The summed E-state index contributed by atoms with van der Waals surface area (Å²) in [6.07, 6.45) is -0.879. The Morgan fingerprint density at radius 1 is 1.25 bits per heavy atom. The van der Waals surface area contributed by atoms with Gasteiger partial charge in [0, 0.05) is 17.1 Å². The van der Waals surface area contributed by atoms with E-state index >= 15 is 0 Å². The van der Waals surface area contributed by atoms with Gasteiger partial charge in [-0.1, -0.05) is 28.1 Å². The van der Waals surface area contributed by atoms with Gasteiger partial charge < -0.3 is 10.1 Å². The number of rotatable bonds is 3. The topological polar surface area (TPSA) is 58.6 Å². The summed E-state index contributed by atoms with van der Waals surface area (Å²) in [7, 11) is -2.38. The molecule has 128 valence electrons. The molecule has 1 aliphatic rings. The first-order chi connectivity index (χ1) is 11.3. The highest BCUT2D eigenvalue weighted by atomic mass is 79.9. The van der Waals surface area contributed by atoms with Crippen LogP contribution in [0.3, 0.4) is 0 Å². The number of hydrogen-bond acceptors (Lipinski definition) is 4. The maximum Gasteiger partial charge on any atom is 0.387 e. The summed E-state index contributed by atoms with van der Waals surface area (Å²) in [6.45, 7) is -3.01. The Hall–Kier alpha value is -1.71. The second-order valence-electron chi connectivity index (χ2n) is 5.12. The molecule has 0 saturated heterocycles. The van der Waals surface area contributed by atoms with Crippen LogP contribution in [0.15, 0.2) is 51.8 Å². The van der Waals surface area contributed by atoms with Crippen LogP contribution < -0.4 is 10.1 Å². The molecular formula is C15H13BrF2N2O3S. The number of halogens is 3. The lowest BCUT2D eigenvalue weighted by molar-refractivity contribution is -0.0508. The van der Waals surface area contributed by atoms with Gasteiger partial charge >= 0.3 is 6.61 Å². The molecule has 5 nitrogen and oxygen atoms in total. The number of alkyl halides is 2. The fourth-order valence-corrected chi connectivity index (χ4v) is 4.34. The van der Waals surface area contributed by atoms with Gasteiger partial charge in [0.1, 0.15) is 16.8 Å². The zero-order valence-corrected chi connectivity index (χ0v) is 14.8. The van der Waals surface area contributed by atoms with Gasteiger partial charge in [-0.15, -0.1) is 0 Å². The van der Waals surface area contributed by atoms with Crippen LogP contribution >= 0.6 is 15.9 Å². The number of para-hydroxylation sites is 1. The molecule has 0 aromatic heterocycles. The van der Waals surface area contributed by atoms with Crippen molar-refractivity contribution in [3.63, 3.8) is 0 Å². The van der Waals surface area contributed by atoms with Gasteiger partial charge in [0.15, 0.2) is 0 Å². The summed E-state index contributed by atoms with van der Waals surface area (Å²) in [5.41, 5.74) is 0.689. The number of anilines is 1. The fraction of sp³-hybridized carbons (Fsp3) is 0.200. The fourth-order valence-electron chi connectivity index (χ4n) is 2.55. The lowest BCUT2D eigenvalue weighted by Crippen LogP contribution is -2.40. The lowest BCUT2D eigenvalue weighted by atomic mass is 10.1. The third-order valence-corrected chi connectivity index (χ3v) is 6.06. The Morgan fingerprint density at radius 2 is 1.96 bits per heavy atom. The summed E-state index contributed by atoms with van der Waals surface area (Å²) in [5.74, 6) is -0.0906. The molecule has 0 aliphatic carbocycles. The van der Waals surface area contributed by atoms with Crippen LogP contribution in [0.1, 0.15) is 11.7 Å². The van der Waals surface area contributed by atoms with E-state index in [-0.39, 0.29) is 16.2 Å². The summed E-state index contributed by atoms with van der Waals surface area (Å²) in [6, 6.07) is 10.9. The molecule has 2 aromatic carbocycles. The van der Waals surface area contributed by atoms with E-state index in [2.05, 4.69) is 26.0 Å². The number of benzene rings is 2. The average molecular weight is 419 g/mol. The van der Waals surface area contributed by atoms with Gasteiger partial charge in [0.2, 0.25) is 10.0 Å². The van der Waals surface area contributed by atoms with Crippen molar-refractivity contribution in [3.8, 4) is 5.75 Å². The molecule has 0 amide bonds. The molecule has 0 saturated carbocycles. The second-order valence-corrected chi connectivity index (χ2v) is 8.01. The molecule has 0 bridgehead atoms. The van der Waals surface area contributed by atoms with Crippen molar-refractivity contribution in [2.75, 3.05) is 12.4 Å². The van der Waals surface area contributed by atoms with Crippen molar-refractivity contribution >= 4 is 31.6 Å². The highest BCUT2D eigenvalue weighted by Gasteiger charge is 2.37. The van der Waals surface area contributed by atoms with Crippen LogP contribution in [0, 0.1) is 0 Å². The quantitative estimate of drug-likeness (QED) is 0.823. The predicted octanol–water partition coefficient (Wildman–Crippen LogP) is 3.80. The standard InChI is InChI=1S/C15H13BrF2N2O3S/c1-20-14(10-8-9(16)6-7-12(10)23-15(17)18)19-11-4-2-3-5-13(11)24(20,21)22/h2-8,14-15,19H,1H3. The minimum atomic E-state index is -3.76. The highest BCUT2D eigenvalue weighted by Crippen LogP contribution is 2.40. The van der Waals surface area contributed by atoms with Crippen LogP contribution in [0.2, 0.25) is 0 Å². The van der Waals surface area contributed by atoms with Crippen molar-refractivity contribution in [2.45, 2.75) is 17.7 Å². The minimum Gasteiger partial charge on any atom is -0.434 e. The van der Waals surface area contributed by atoms with E-state index in [0.717, 1.165) is 4.31 Å². The summed E-state index contributed by atoms with van der Waals surface area (Å²) in [5, 5.41) is 3.06. The number of nitrogens with one attached hydrogen (secondary N) is 1. The minimum absolute atomic E-state index is 0.0906. The van der Waals surface area contributed by atoms with Gasteiger partial charge in [-0.3, -0.25) is 0 Å². The predicted molar refractivity (Wildman–Crippen MR) is 88.5 cm³/mol. The van der Waals surface area contributed by atoms with Crippen LogP contribution in [-0.4, -0.2) is 26.4 Å². The Morgan fingerprint density at radius 3 is 2.67 bits per heavy atom. The summed E-state index contributed by atoms with van der Waals surface area (Å²) in [4.78, 5) is 0.134. The van der Waals surface area contributed by atoms with E-state index in [9.17, 15) is 17.2 Å². The monoisotopic (exact) mass is 418 g/mol. The molecule has 24 heavy (non-hydrogen) atoms. The summed E-state index contributed by atoms with van der Waals surface area (Å²) < 4.78 is 57.0. The molecule has 1 N–H and O–H groups in total. The number of sulfonamides is 1. The van der Waals surface area contributed by atoms with Gasteiger partial charge in [-0.25, -0.2) is 8.42 Å². The van der Waals surface area contributed by atoms with E-state index in [1.165, 1.54) is 19.2 Å². The van der Waals surface area contributed by atoms with Crippen molar-refractivity contribution in [3.05, 3.63) is 52.5 Å². The summed E-state index contributed by atoms with van der Waals surface area (Å²) >= 11 is 3.27. The van der Waals surface area contributed by atoms with Crippen molar-refractivity contribution in [1.29, 1.82) is 0 Å². The number of nitrogens with zero attached hydrogens (tertiary/aromatic N) is 1. The Bertz CT molecular complexity index is 877. The van der Waals surface area contributed by atoms with Crippen molar-refractivity contribution in [2.24, 2.45) is 0 Å². The molecule has 1 unspecified atom stereocenters. The molecule has 2 aromatic rings. The zero-order valence-electron chi connectivity index (χ0n) is 12.4. The Balaban J connectivity index is 2.13. The van der Waals surface area contributed by atoms with Crippen LogP contribution in [0.25, 0.3) is 0 Å². The first-order valence-corrected chi connectivity index (χ1v) is 9.12. The number of ether oxygens (including phenoxy) is 1. The third-order valence-electron chi connectivity index (χ3n) is 3.68. The zero-order chi connectivity index (χ0) is 17.5. The van der Waals surface area contributed by atoms with Crippen molar-refractivity contribution < 1.29 is 21.9 Å². The third kappa shape index (κ3) is 2.99. The van der Waals surface area contributed by atoms with E-state index in [4.69, 9.17) is 0 Å². The second kappa shape index (κ2) is 6.30. The van der Waals surface area contributed by atoms with Crippen LogP contribution in [-0.2, 0) is 10.0 Å². The maximum absolute atomic E-state index is 12.7. The van der Waals surface area contributed by atoms with Gasteiger partial charge in [-0.2, -0.15) is 13.1 Å². The first kappa shape index (κ1) is 17.1. The van der Waals surface area contributed by atoms with Crippen molar-refractivity contribution in [1.82, 2.24) is 4.31 Å². The normalized spacial score (nSPS) is 19.6.